The molecule has 6 heteroatoms. The van der Waals surface area contributed by atoms with Crippen molar-refractivity contribution in [3.8, 4) is 0 Å². The van der Waals surface area contributed by atoms with E-state index in [1.807, 2.05) is 13.8 Å². The zero-order valence-electron chi connectivity index (χ0n) is 18.0. The van der Waals surface area contributed by atoms with Crippen LogP contribution in [0.25, 0.3) is 0 Å². The fourth-order valence-corrected chi connectivity index (χ4v) is 6.12. The van der Waals surface area contributed by atoms with Crippen molar-refractivity contribution < 1.29 is 29.7 Å². The smallest absolute Gasteiger partial charge is 0.228 e. The first-order valence-electron chi connectivity index (χ1n) is 10.1. The average molecular weight is 402 g/mol. The highest BCUT2D eigenvalue weighted by atomic mass is 16.3. The number of aliphatic hydroxyl groups excluding tert-OH is 3. The average Bonchev–Trinajstić information content (AvgIpc) is 2.56. The van der Waals surface area contributed by atoms with Crippen LogP contribution < -0.4 is 0 Å². The Labute approximate surface area is 171 Å². The first-order chi connectivity index (χ1) is 13.2. The third kappa shape index (κ3) is 2.50. The zero-order valence-corrected chi connectivity index (χ0v) is 18.0. The molecule has 0 aromatic rings. The number of carbonyl (C=O) groups excluding carboxylic acids is 3. The molecule has 3 rings (SSSR count). The van der Waals surface area contributed by atoms with Gasteiger partial charge in [-0.15, -0.1) is 0 Å². The molecule has 3 aliphatic carbocycles. The fourth-order valence-electron chi connectivity index (χ4n) is 6.12. The zero-order chi connectivity index (χ0) is 22.1. The van der Waals surface area contributed by atoms with E-state index in [0.717, 1.165) is 6.42 Å². The van der Waals surface area contributed by atoms with Crippen LogP contribution in [0.3, 0.4) is 0 Å². The Balaban J connectivity index is 2.52. The van der Waals surface area contributed by atoms with Crippen molar-refractivity contribution >= 4 is 17.3 Å². The van der Waals surface area contributed by atoms with Crippen molar-refractivity contribution in [2.24, 2.45) is 22.2 Å². The largest absolute Gasteiger partial charge is 0.507 e. The second-order valence-corrected chi connectivity index (χ2v) is 9.88. The summed E-state index contributed by atoms with van der Waals surface area (Å²) in [6, 6.07) is 0. The number of allylic oxidation sites excluding steroid dienone is 4. The van der Waals surface area contributed by atoms with E-state index in [9.17, 15) is 29.7 Å². The molecule has 2 atom stereocenters. The molecule has 1 saturated carbocycles. The number of ketones is 3. The van der Waals surface area contributed by atoms with Gasteiger partial charge in [-0.25, -0.2) is 0 Å². The lowest BCUT2D eigenvalue weighted by molar-refractivity contribution is -0.142. The molecule has 0 spiro atoms. The molecule has 1 fully saturated rings. The molecule has 158 valence electrons. The summed E-state index contributed by atoms with van der Waals surface area (Å²) in [6.45, 7) is 10.3. The second-order valence-electron chi connectivity index (χ2n) is 9.88. The molecular formula is C23H30O6. The summed E-state index contributed by atoms with van der Waals surface area (Å²) >= 11 is 0. The minimum atomic E-state index is -1.73. The first kappa shape index (κ1) is 21.3. The summed E-state index contributed by atoms with van der Waals surface area (Å²) in [7, 11) is 0. The quantitative estimate of drug-likeness (QED) is 0.644. The second kappa shape index (κ2) is 6.31. The number of hydrogen-bond acceptors (Lipinski definition) is 6. The number of fused-ring (bicyclic) bond motifs is 3. The molecule has 29 heavy (non-hydrogen) atoms. The number of hydrogen-bond donors (Lipinski definition) is 3. The molecule has 3 aliphatic rings. The van der Waals surface area contributed by atoms with Crippen LogP contribution in [0.4, 0.5) is 0 Å². The van der Waals surface area contributed by atoms with Crippen LogP contribution in [0.5, 0.6) is 0 Å². The van der Waals surface area contributed by atoms with Crippen molar-refractivity contribution in [1.82, 2.24) is 0 Å². The van der Waals surface area contributed by atoms with Crippen molar-refractivity contribution in [3.63, 3.8) is 0 Å². The SMILES string of the molecule is CC(=O)C[C@]12C(=O)C(O)=C(C(C)C)C(O)=C1C(=O)C(O)=C1C(C)(C)CCC[C@@]12C. The standard InChI is InChI=1S/C23H30O6/c1-11(2)13-15(25)14-17(27)18(28)19-21(4,5)8-7-9-22(19,6)23(14,10-12(3)24)20(29)16(13)26/h11,25-26,28H,7-10H2,1-6H3/t22-,23+/m0/s1. The predicted molar refractivity (Wildman–Crippen MR) is 107 cm³/mol. The van der Waals surface area contributed by atoms with Crippen molar-refractivity contribution in [3.05, 3.63) is 34.0 Å². The number of carbonyl (C=O) groups is 3. The topological polar surface area (TPSA) is 112 Å². The summed E-state index contributed by atoms with van der Waals surface area (Å²) in [5.74, 6) is -3.84. The fraction of sp³-hybridized carbons (Fsp3) is 0.609. The summed E-state index contributed by atoms with van der Waals surface area (Å²) in [6.07, 6.45) is 1.56. The van der Waals surface area contributed by atoms with Crippen LogP contribution in [-0.2, 0) is 14.4 Å². The summed E-state index contributed by atoms with van der Waals surface area (Å²) in [5.41, 5.74) is -3.23. The molecule has 0 saturated heterocycles. The van der Waals surface area contributed by atoms with E-state index in [2.05, 4.69) is 0 Å². The van der Waals surface area contributed by atoms with Gasteiger partial charge in [0, 0.05) is 17.4 Å². The van der Waals surface area contributed by atoms with Crippen LogP contribution in [0.2, 0.25) is 0 Å². The Morgan fingerprint density at radius 1 is 1.00 bits per heavy atom. The number of rotatable bonds is 3. The maximum Gasteiger partial charge on any atom is 0.228 e. The van der Waals surface area contributed by atoms with Crippen LogP contribution >= 0.6 is 0 Å². The third-order valence-electron chi connectivity index (χ3n) is 7.20. The van der Waals surface area contributed by atoms with E-state index < -0.39 is 51.0 Å². The third-order valence-corrected chi connectivity index (χ3v) is 7.20. The number of aliphatic hydroxyl groups is 3. The van der Waals surface area contributed by atoms with E-state index >= 15 is 0 Å². The van der Waals surface area contributed by atoms with Gasteiger partial charge in [0.25, 0.3) is 0 Å². The van der Waals surface area contributed by atoms with Gasteiger partial charge in [0.15, 0.2) is 11.5 Å². The van der Waals surface area contributed by atoms with Gasteiger partial charge in [-0.1, -0.05) is 41.0 Å². The maximum atomic E-state index is 13.7. The highest BCUT2D eigenvalue weighted by molar-refractivity contribution is 6.20. The molecule has 0 aromatic heterocycles. The minimum absolute atomic E-state index is 0.0209. The van der Waals surface area contributed by atoms with Gasteiger partial charge in [-0.05, 0) is 36.7 Å². The molecule has 0 radical (unpaired) electrons. The van der Waals surface area contributed by atoms with Gasteiger partial charge in [-0.3, -0.25) is 14.4 Å². The molecular weight excluding hydrogens is 372 g/mol. The molecule has 0 aromatic carbocycles. The van der Waals surface area contributed by atoms with Crippen molar-refractivity contribution in [2.75, 3.05) is 0 Å². The highest BCUT2D eigenvalue weighted by Gasteiger charge is 2.69. The maximum absolute atomic E-state index is 13.7. The Morgan fingerprint density at radius 2 is 1.59 bits per heavy atom. The molecule has 0 aliphatic heterocycles. The van der Waals surface area contributed by atoms with E-state index in [0.29, 0.717) is 18.4 Å². The molecule has 0 unspecified atom stereocenters. The first-order valence-corrected chi connectivity index (χ1v) is 10.1. The summed E-state index contributed by atoms with van der Waals surface area (Å²) in [4.78, 5) is 39.5. The van der Waals surface area contributed by atoms with Crippen LogP contribution in [-0.4, -0.2) is 32.7 Å². The van der Waals surface area contributed by atoms with Gasteiger partial charge >= 0.3 is 0 Å². The lowest BCUT2D eigenvalue weighted by Gasteiger charge is -2.58. The molecule has 3 N–H and O–H groups in total. The molecule has 6 nitrogen and oxygen atoms in total. The Hall–Kier alpha value is -2.37. The van der Waals surface area contributed by atoms with Crippen LogP contribution in [0.15, 0.2) is 34.0 Å². The van der Waals surface area contributed by atoms with Gasteiger partial charge in [0.2, 0.25) is 11.6 Å². The van der Waals surface area contributed by atoms with Gasteiger partial charge < -0.3 is 15.3 Å². The van der Waals surface area contributed by atoms with Crippen LogP contribution in [0.1, 0.15) is 67.2 Å². The van der Waals surface area contributed by atoms with Crippen molar-refractivity contribution in [2.45, 2.75) is 67.2 Å². The Bertz CT molecular complexity index is 929. The highest BCUT2D eigenvalue weighted by Crippen LogP contribution is 2.68. The molecule has 0 amide bonds. The van der Waals surface area contributed by atoms with E-state index in [1.165, 1.54) is 6.92 Å². The summed E-state index contributed by atoms with van der Waals surface area (Å²) in [5, 5.41) is 32.9. The Morgan fingerprint density at radius 3 is 2.10 bits per heavy atom. The number of Topliss-reactive ketones (excluding diaryl/α,β-unsaturated/α-hetero) is 3. The summed E-state index contributed by atoms with van der Waals surface area (Å²) < 4.78 is 0. The van der Waals surface area contributed by atoms with E-state index in [-0.39, 0.29) is 23.4 Å². The van der Waals surface area contributed by atoms with Gasteiger partial charge in [0.05, 0.1) is 11.0 Å². The van der Waals surface area contributed by atoms with Crippen molar-refractivity contribution in [1.29, 1.82) is 0 Å². The molecule has 0 bridgehead atoms. The predicted octanol–water partition coefficient (Wildman–Crippen LogP) is 4.43. The monoisotopic (exact) mass is 402 g/mol. The minimum Gasteiger partial charge on any atom is -0.507 e. The van der Waals surface area contributed by atoms with Crippen LogP contribution in [0, 0.1) is 22.2 Å². The lowest BCUT2D eigenvalue weighted by atomic mass is 9.42. The van der Waals surface area contributed by atoms with Gasteiger partial charge in [0.1, 0.15) is 11.5 Å². The Kier molecular flexibility index (Phi) is 4.65. The molecule has 0 heterocycles. The lowest BCUT2D eigenvalue weighted by Crippen LogP contribution is -2.60. The van der Waals surface area contributed by atoms with E-state index in [1.54, 1.807) is 20.8 Å². The van der Waals surface area contributed by atoms with Gasteiger partial charge in [-0.2, -0.15) is 0 Å². The van der Waals surface area contributed by atoms with E-state index in [4.69, 9.17) is 0 Å². The normalized spacial score (nSPS) is 32.0.